The number of carbonyl (C=O) groups is 4. The number of esters is 4. The maximum Gasteiger partial charge on any atom is 0.306 e. The molecule has 0 spiro atoms. The van der Waals surface area contributed by atoms with Crippen molar-refractivity contribution in [1.82, 2.24) is 20.4 Å². The van der Waals surface area contributed by atoms with Crippen LogP contribution in [0.2, 0.25) is 0 Å². The van der Waals surface area contributed by atoms with Gasteiger partial charge in [0.05, 0.1) is 54.1 Å². The summed E-state index contributed by atoms with van der Waals surface area (Å²) in [6, 6.07) is 0. The molecule has 0 rings (SSSR count). The summed E-state index contributed by atoms with van der Waals surface area (Å²) in [6.45, 7) is 6.30. The van der Waals surface area contributed by atoms with Crippen LogP contribution >= 0.6 is 0 Å². The fraction of sp³-hybridized carbons (Fsp3) is 0.818. The molecule has 2 N–H and O–H groups in total. The minimum absolute atomic E-state index is 0.266. The zero-order valence-corrected chi connectivity index (χ0v) is 21.1. The Morgan fingerprint density at radius 3 is 0.971 bits per heavy atom. The number of ether oxygens (including phenoxy) is 4. The molecule has 0 unspecified atom stereocenters. The minimum Gasteiger partial charge on any atom is -0.469 e. The number of methoxy groups -OCH3 is 4. The first kappa shape index (κ1) is 31.7. The number of carbonyl (C=O) groups excluding carboxylic acids is 4. The van der Waals surface area contributed by atoms with E-state index in [1.165, 1.54) is 28.4 Å². The molecule has 198 valence electrons. The Morgan fingerprint density at radius 1 is 0.471 bits per heavy atom. The van der Waals surface area contributed by atoms with E-state index in [1.54, 1.807) is 0 Å². The van der Waals surface area contributed by atoms with Crippen LogP contribution in [0.3, 0.4) is 0 Å². The molecule has 34 heavy (non-hydrogen) atoms. The van der Waals surface area contributed by atoms with E-state index in [1.807, 2.05) is 9.80 Å². The predicted molar refractivity (Wildman–Crippen MR) is 125 cm³/mol. The predicted octanol–water partition coefficient (Wildman–Crippen LogP) is -0.978. The Balaban J connectivity index is 4.15. The Morgan fingerprint density at radius 2 is 0.735 bits per heavy atom. The number of nitrogens with zero attached hydrogens (tertiary/aromatic N) is 2. The van der Waals surface area contributed by atoms with Crippen LogP contribution in [0.25, 0.3) is 0 Å². The van der Waals surface area contributed by atoms with Crippen molar-refractivity contribution in [1.29, 1.82) is 0 Å². The van der Waals surface area contributed by atoms with Crippen LogP contribution in [-0.4, -0.2) is 128 Å². The maximum absolute atomic E-state index is 11.4. The largest absolute Gasteiger partial charge is 0.469 e. The summed E-state index contributed by atoms with van der Waals surface area (Å²) in [5.41, 5.74) is 0. The molecule has 0 aromatic rings. The van der Waals surface area contributed by atoms with Gasteiger partial charge in [0.25, 0.3) is 0 Å². The summed E-state index contributed by atoms with van der Waals surface area (Å²) >= 11 is 0. The van der Waals surface area contributed by atoms with Crippen molar-refractivity contribution in [2.45, 2.75) is 25.7 Å². The van der Waals surface area contributed by atoms with Gasteiger partial charge >= 0.3 is 23.9 Å². The van der Waals surface area contributed by atoms with Gasteiger partial charge in [-0.1, -0.05) is 0 Å². The zero-order chi connectivity index (χ0) is 25.6. The molecule has 0 bridgehead atoms. The van der Waals surface area contributed by atoms with Gasteiger partial charge in [0.1, 0.15) is 0 Å². The van der Waals surface area contributed by atoms with E-state index in [0.29, 0.717) is 52.4 Å². The summed E-state index contributed by atoms with van der Waals surface area (Å²) < 4.78 is 18.7. The third-order valence-corrected chi connectivity index (χ3v) is 5.13. The van der Waals surface area contributed by atoms with Crippen molar-refractivity contribution < 1.29 is 38.1 Å². The Hall–Kier alpha value is -2.28. The number of rotatable bonds is 21. The number of nitrogens with one attached hydrogen (secondary N) is 2. The Labute approximate surface area is 202 Å². The lowest BCUT2D eigenvalue weighted by Crippen LogP contribution is -2.39. The van der Waals surface area contributed by atoms with E-state index >= 15 is 0 Å². The van der Waals surface area contributed by atoms with Gasteiger partial charge < -0.3 is 39.4 Å². The van der Waals surface area contributed by atoms with Crippen molar-refractivity contribution in [3.63, 3.8) is 0 Å². The highest BCUT2D eigenvalue weighted by Crippen LogP contribution is 1.98. The first-order chi connectivity index (χ1) is 16.4. The number of hydrogen-bond donors (Lipinski definition) is 2. The van der Waals surface area contributed by atoms with Crippen LogP contribution in [0.1, 0.15) is 25.7 Å². The molecule has 0 atom stereocenters. The van der Waals surface area contributed by atoms with Crippen molar-refractivity contribution in [2.24, 2.45) is 0 Å². The van der Waals surface area contributed by atoms with E-state index in [2.05, 4.69) is 29.6 Å². The molecule has 0 aliphatic carbocycles. The Bertz CT molecular complexity index is 501. The minimum atomic E-state index is -0.285. The van der Waals surface area contributed by atoms with Crippen LogP contribution in [0, 0.1) is 0 Å². The summed E-state index contributed by atoms with van der Waals surface area (Å²) in [5.74, 6) is -1.14. The average Bonchev–Trinajstić information content (AvgIpc) is 2.86. The standard InChI is InChI=1S/C22H42N4O8/c1-31-19(27)5-13-25(14-6-20(28)32-2)17-11-23-9-10-24-12-18-26(15-7-21(29)33-3)16-8-22(30)34-4/h23-24H,5-18H2,1-4H3. The lowest BCUT2D eigenvalue weighted by atomic mass is 10.3. The van der Waals surface area contributed by atoms with Crippen LogP contribution in [0.5, 0.6) is 0 Å². The van der Waals surface area contributed by atoms with E-state index in [-0.39, 0.29) is 49.6 Å². The average molecular weight is 491 g/mol. The van der Waals surface area contributed by atoms with E-state index < -0.39 is 0 Å². The first-order valence-corrected chi connectivity index (χ1v) is 11.5. The van der Waals surface area contributed by atoms with Crippen molar-refractivity contribution >= 4 is 23.9 Å². The van der Waals surface area contributed by atoms with Gasteiger partial charge in [-0.05, 0) is 0 Å². The fourth-order valence-electron chi connectivity index (χ4n) is 2.98. The van der Waals surface area contributed by atoms with Gasteiger partial charge in [-0.25, -0.2) is 0 Å². The van der Waals surface area contributed by atoms with E-state index in [9.17, 15) is 19.2 Å². The van der Waals surface area contributed by atoms with Crippen LogP contribution < -0.4 is 10.6 Å². The molecule has 0 radical (unpaired) electrons. The smallest absolute Gasteiger partial charge is 0.306 e. The molecule has 12 heteroatoms. The highest BCUT2D eigenvalue weighted by Gasteiger charge is 2.12. The van der Waals surface area contributed by atoms with Crippen molar-refractivity contribution in [2.75, 3.05) is 93.9 Å². The Kier molecular flexibility index (Phi) is 19.8. The topological polar surface area (TPSA) is 136 Å². The molecule has 0 aliphatic rings. The highest BCUT2D eigenvalue weighted by atomic mass is 16.5. The quantitative estimate of drug-likeness (QED) is 0.116. The normalized spacial score (nSPS) is 10.9. The molecule has 0 saturated carbocycles. The van der Waals surface area contributed by atoms with Gasteiger partial charge in [0, 0.05) is 65.4 Å². The molecule has 0 fully saturated rings. The van der Waals surface area contributed by atoms with Crippen molar-refractivity contribution in [3.05, 3.63) is 0 Å². The van der Waals surface area contributed by atoms with Gasteiger partial charge in [0.2, 0.25) is 0 Å². The maximum atomic E-state index is 11.4. The van der Waals surface area contributed by atoms with Crippen LogP contribution in [0.4, 0.5) is 0 Å². The molecular formula is C22H42N4O8. The van der Waals surface area contributed by atoms with Gasteiger partial charge in [-0.2, -0.15) is 0 Å². The fourth-order valence-corrected chi connectivity index (χ4v) is 2.98. The lowest BCUT2D eigenvalue weighted by Gasteiger charge is -2.22. The third-order valence-electron chi connectivity index (χ3n) is 5.13. The molecule has 0 aliphatic heterocycles. The van der Waals surface area contributed by atoms with E-state index in [0.717, 1.165) is 13.1 Å². The highest BCUT2D eigenvalue weighted by molar-refractivity contribution is 5.70. The molecular weight excluding hydrogens is 448 g/mol. The van der Waals surface area contributed by atoms with E-state index in [4.69, 9.17) is 0 Å². The second-order valence-corrected chi connectivity index (χ2v) is 7.49. The number of hydrogen-bond acceptors (Lipinski definition) is 12. The summed E-state index contributed by atoms with van der Waals surface area (Å²) in [5, 5.41) is 6.66. The van der Waals surface area contributed by atoms with Gasteiger partial charge in [0.15, 0.2) is 0 Å². The second-order valence-electron chi connectivity index (χ2n) is 7.49. The summed E-state index contributed by atoms with van der Waals surface area (Å²) in [7, 11) is 5.42. The third kappa shape index (κ3) is 18.2. The molecule has 0 saturated heterocycles. The summed E-state index contributed by atoms with van der Waals surface area (Å²) in [4.78, 5) is 49.6. The molecule has 0 aromatic heterocycles. The summed E-state index contributed by atoms with van der Waals surface area (Å²) in [6.07, 6.45) is 1.06. The van der Waals surface area contributed by atoms with Gasteiger partial charge in [-0.3, -0.25) is 19.2 Å². The molecule has 0 amide bonds. The second kappa shape index (κ2) is 21.3. The monoisotopic (exact) mass is 490 g/mol. The molecule has 0 heterocycles. The first-order valence-electron chi connectivity index (χ1n) is 11.5. The van der Waals surface area contributed by atoms with Crippen molar-refractivity contribution in [3.8, 4) is 0 Å². The zero-order valence-electron chi connectivity index (χ0n) is 21.1. The van der Waals surface area contributed by atoms with Crippen LogP contribution in [-0.2, 0) is 38.1 Å². The van der Waals surface area contributed by atoms with Gasteiger partial charge in [-0.15, -0.1) is 0 Å². The molecule has 0 aromatic carbocycles. The SMILES string of the molecule is COC(=O)CCN(CCNCCNCCN(CCC(=O)OC)CCC(=O)OC)CCC(=O)OC. The lowest BCUT2D eigenvalue weighted by molar-refractivity contribution is -0.142. The van der Waals surface area contributed by atoms with Crippen LogP contribution in [0.15, 0.2) is 0 Å². The molecule has 12 nitrogen and oxygen atoms in total.